The predicted octanol–water partition coefficient (Wildman–Crippen LogP) is 4.07. The molecule has 0 aliphatic heterocycles. The lowest BCUT2D eigenvalue weighted by Gasteiger charge is -2.31. The normalized spacial score (nSPS) is 11.6. The summed E-state index contributed by atoms with van der Waals surface area (Å²) >= 11 is 5.88. The number of anilines is 3. The van der Waals surface area contributed by atoms with Gasteiger partial charge in [-0.2, -0.15) is 0 Å². The number of halogens is 1. The van der Waals surface area contributed by atoms with E-state index in [9.17, 15) is 9.90 Å². The number of aromatic nitrogens is 4. The van der Waals surface area contributed by atoms with Crippen molar-refractivity contribution in [1.82, 2.24) is 19.5 Å². The van der Waals surface area contributed by atoms with E-state index in [4.69, 9.17) is 11.6 Å². The lowest BCUT2D eigenvalue weighted by molar-refractivity contribution is 0.195. The Morgan fingerprint density at radius 2 is 1.93 bits per heavy atom. The first kappa shape index (κ1) is 18.9. The summed E-state index contributed by atoms with van der Waals surface area (Å²) in [6.07, 6.45) is 0.543. The largest absolute Gasteiger partial charge is 0.465 e. The number of nitrogens with zero attached hydrogens (tertiary/aromatic N) is 6. The number of hydrogen-bond acceptors (Lipinski definition) is 5. The number of carbonyl (C=O) groups is 1. The first-order valence-electron chi connectivity index (χ1n) is 8.31. The second-order valence-corrected chi connectivity index (χ2v) is 7.51. The van der Waals surface area contributed by atoms with Crippen molar-refractivity contribution in [2.75, 3.05) is 16.8 Å². The SMILES string of the molecule is CN(c1ccc2c(c1)nc(N(C(=O)O)C(C)(C)C)n2C)c1ccnc(Cl)n1. The summed E-state index contributed by atoms with van der Waals surface area (Å²) in [5, 5.41) is 9.84. The van der Waals surface area contributed by atoms with Crippen molar-refractivity contribution in [3.8, 4) is 0 Å². The molecule has 3 rings (SSSR count). The Morgan fingerprint density at radius 1 is 1.22 bits per heavy atom. The van der Waals surface area contributed by atoms with E-state index in [0.717, 1.165) is 11.2 Å². The van der Waals surface area contributed by atoms with Crippen LogP contribution >= 0.6 is 11.6 Å². The molecule has 1 aromatic carbocycles. The summed E-state index contributed by atoms with van der Waals surface area (Å²) < 4.78 is 1.78. The molecule has 2 aromatic heterocycles. The molecule has 3 aromatic rings. The summed E-state index contributed by atoms with van der Waals surface area (Å²) in [4.78, 5) is 27.6. The van der Waals surface area contributed by atoms with Crippen LogP contribution in [0.1, 0.15) is 20.8 Å². The molecule has 1 N–H and O–H groups in total. The molecule has 0 radical (unpaired) electrons. The van der Waals surface area contributed by atoms with Crippen LogP contribution < -0.4 is 9.80 Å². The molecule has 0 aliphatic carbocycles. The van der Waals surface area contributed by atoms with Gasteiger partial charge in [0.25, 0.3) is 0 Å². The van der Waals surface area contributed by atoms with Gasteiger partial charge in [-0.05, 0) is 56.6 Å². The van der Waals surface area contributed by atoms with E-state index in [1.54, 1.807) is 23.9 Å². The van der Waals surface area contributed by atoms with Crippen molar-refractivity contribution in [3.63, 3.8) is 0 Å². The maximum Gasteiger partial charge on any atom is 0.414 e. The van der Waals surface area contributed by atoms with Crippen LogP contribution in [0.3, 0.4) is 0 Å². The van der Waals surface area contributed by atoms with E-state index < -0.39 is 11.6 Å². The highest BCUT2D eigenvalue weighted by atomic mass is 35.5. The molecule has 142 valence electrons. The molecule has 0 spiro atoms. The Kier molecular flexibility index (Phi) is 4.69. The lowest BCUT2D eigenvalue weighted by Crippen LogP contribution is -2.46. The van der Waals surface area contributed by atoms with Crippen LogP contribution in [0.15, 0.2) is 30.5 Å². The van der Waals surface area contributed by atoms with E-state index in [2.05, 4.69) is 15.0 Å². The van der Waals surface area contributed by atoms with E-state index in [1.807, 2.05) is 50.9 Å². The van der Waals surface area contributed by atoms with Crippen molar-refractivity contribution in [2.24, 2.45) is 7.05 Å². The minimum atomic E-state index is -1.05. The van der Waals surface area contributed by atoms with Crippen LogP contribution in [0.2, 0.25) is 5.28 Å². The maximum absolute atomic E-state index is 11.8. The van der Waals surface area contributed by atoms with Crippen LogP contribution in [0.25, 0.3) is 11.0 Å². The zero-order valence-electron chi connectivity index (χ0n) is 15.8. The third-order valence-corrected chi connectivity index (χ3v) is 4.43. The van der Waals surface area contributed by atoms with Gasteiger partial charge in [-0.1, -0.05) is 0 Å². The van der Waals surface area contributed by atoms with Crippen molar-refractivity contribution in [3.05, 3.63) is 35.7 Å². The van der Waals surface area contributed by atoms with Crippen LogP contribution in [0.4, 0.5) is 22.2 Å². The second kappa shape index (κ2) is 6.70. The van der Waals surface area contributed by atoms with Gasteiger partial charge in [-0.25, -0.2) is 24.6 Å². The van der Waals surface area contributed by atoms with Gasteiger partial charge < -0.3 is 14.6 Å². The number of fused-ring (bicyclic) bond motifs is 1. The number of imidazole rings is 1. The quantitative estimate of drug-likeness (QED) is 0.680. The third-order valence-electron chi connectivity index (χ3n) is 4.25. The van der Waals surface area contributed by atoms with Crippen molar-refractivity contribution in [1.29, 1.82) is 0 Å². The average Bonchev–Trinajstić information content (AvgIpc) is 2.88. The third kappa shape index (κ3) is 3.52. The Bertz CT molecular complexity index is 1010. The summed E-state index contributed by atoms with van der Waals surface area (Å²) in [5.74, 6) is 1.02. The first-order chi connectivity index (χ1) is 12.6. The molecule has 0 aliphatic rings. The zero-order chi connectivity index (χ0) is 19.9. The minimum Gasteiger partial charge on any atom is -0.465 e. The number of aryl methyl sites for hydroxylation is 1. The van der Waals surface area contributed by atoms with Crippen LogP contribution in [-0.2, 0) is 7.05 Å². The van der Waals surface area contributed by atoms with E-state index >= 15 is 0 Å². The predicted molar refractivity (Wildman–Crippen MR) is 106 cm³/mol. The van der Waals surface area contributed by atoms with Crippen molar-refractivity contribution < 1.29 is 9.90 Å². The molecular formula is C18H21ClN6O2. The van der Waals surface area contributed by atoms with Gasteiger partial charge in [0.05, 0.1) is 11.0 Å². The molecular weight excluding hydrogens is 368 g/mol. The number of carboxylic acid groups (broad SMARTS) is 1. The fourth-order valence-electron chi connectivity index (χ4n) is 2.90. The lowest BCUT2D eigenvalue weighted by atomic mass is 10.1. The van der Waals surface area contributed by atoms with E-state index in [-0.39, 0.29) is 5.28 Å². The number of amides is 1. The second-order valence-electron chi connectivity index (χ2n) is 7.18. The van der Waals surface area contributed by atoms with Crippen LogP contribution in [-0.4, -0.2) is 43.3 Å². The molecule has 1 amide bonds. The maximum atomic E-state index is 11.8. The highest BCUT2D eigenvalue weighted by Crippen LogP contribution is 2.30. The molecule has 0 atom stereocenters. The van der Waals surface area contributed by atoms with Gasteiger partial charge in [0.1, 0.15) is 5.82 Å². The van der Waals surface area contributed by atoms with E-state index in [1.165, 1.54) is 4.90 Å². The van der Waals surface area contributed by atoms with Crippen LogP contribution in [0, 0.1) is 0 Å². The smallest absolute Gasteiger partial charge is 0.414 e. The topological polar surface area (TPSA) is 87.4 Å². The molecule has 8 nitrogen and oxygen atoms in total. The summed E-state index contributed by atoms with van der Waals surface area (Å²) in [6, 6.07) is 7.47. The summed E-state index contributed by atoms with van der Waals surface area (Å²) in [6.45, 7) is 5.50. The molecule has 0 bridgehead atoms. The van der Waals surface area contributed by atoms with Gasteiger partial charge in [0.2, 0.25) is 11.2 Å². The van der Waals surface area contributed by atoms with Crippen molar-refractivity contribution >= 4 is 46.2 Å². The molecule has 0 fully saturated rings. The minimum absolute atomic E-state index is 0.169. The summed E-state index contributed by atoms with van der Waals surface area (Å²) in [5.41, 5.74) is 1.74. The zero-order valence-corrected chi connectivity index (χ0v) is 16.6. The summed E-state index contributed by atoms with van der Waals surface area (Å²) in [7, 11) is 3.67. The first-order valence-corrected chi connectivity index (χ1v) is 8.69. The van der Waals surface area contributed by atoms with Gasteiger partial charge in [-0.15, -0.1) is 0 Å². The highest BCUT2D eigenvalue weighted by Gasteiger charge is 2.31. The van der Waals surface area contributed by atoms with Gasteiger partial charge in [0.15, 0.2) is 0 Å². The monoisotopic (exact) mass is 388 g/mol. The fraction of sp³-hybridized carbons (Fsp3) is 0.333. The molecule has 9 heteroatoms. The van der Waals surface area contributed by atoms with E-state index in [0.29, 0.717) is 17.3 Å². The molecule has 0 saturated carbocycles. The average molecular weight is 389 g/mol. The highest BCUT2D eigenvalue weighted by molar-refractivity contribution is 6.28. The molecule has 0 unspecified atom stereocenters. The van der Waals surface area contributed by atoms with Gasteiger partial charge >= 0.3 is 6.09 Å². The Labute approximate surface area is 162 Å². The fourth-order valence-corrected chi connectivity index (χ4v) is 3.04. The standard InChI is InChI=1S/C18H21ClN6O2/c1-18(2,3)25(17(26)27)16-21-12-10-11(6-7-13(12)24(16)5)23(4)14-8-9-20-15(19)22-14/h6-10H,1-5H3,(H,26,27). The Balaban J connectivity index is 2.08. The molecule has 0 saturated heterocycles. The number of hydrogen-bond donors (Lipinski definition) is 1. The molecule has 2 heterocycles. The van der Waals surface area contributed by atoms with Crippen molar-refractivity contribution in [2.45, 2.75) is 26.3 Å². The number of benzene rings is 1. The Morgan fingerprint density at radius 3 is 2.52 bits per heavy atom. The van der Waals surface area contributed by atoms with Gasteiger partial charge in [0, 0.05) is 31.5 Å². The van der Waals surface area contributed by atoms with Crippen LogP contribution in [0.5, 0.6) is 0 Å². The Hall–Kier alpha value is -2.87. The molecule has 27 heavy (non-hydrogen) atoms. The number of rotatable bonds is 3. The van der Waals surface area contributed by atoms with Gasteiger partial charge in [-0.3, -0.25) is 0 Å².